The number of benzene rings is 1. The van der Waals surface area contributed by atoms with Gasteiger partial charge in [-0.1, -0.05) is 12.1 Å². The van der Waals surface area contributed by atoms with Crippen molar-refractivity contribution < 1.29 is 26.6 Å². The Morgan fingerprint density at radius 1 is 1.07 bits per heavy atom. The normalized spacial score (nSPS) is 25.3. The molecule has 0 unspecified atom stereocenters. The fourth-order valence-corrected chi connectivity index (χ4v) is 4.22. The molecule has 29 heavy (non-hydrogen) atoms. The molecule has 1 aromatic rings. The number of hydrazone groups is 1. The summed E-state index contributed by atoms with van der Waals surface area (Å²) in [5.74, 6) is 2.31. The molecule has 0 saturated heterocycles. The van der Waals surface area contributed by atoms with E-state index in [1.165, 1.54) is 5.56 Å². The van der Waals surface area contributed by atoms with Crippen molar-refractivity contribution in [2.24, 2.45) is 11.0 Å². The van der Waals surface area contributed by atoms with E-state index in [2.05, 4.69) is 18.9 Å². The van der Waals surface area contributed by atoms with Crippen molar-refractivity contribution in [3.05, 3.63) is 93.0 Å². The van der Waals surface area contributed by atoms with Crippen LogP contribution in [-0.2, 0) is 28.3 Å². The number of fused-ring (bicyclic) bond motifs is 3. The van der Waals surface area contributed by atoms with Crippen LogP contribution < -0.4 is 4.74 Å². The molecule has 0 bridgehead atoms. The van der Waals surface area contributed by atoms with Gasteiger partial charge in [0.2, 0.25) is 5.91 Å². The molecule has 0 aromatic heterocycles. The van der Waals surface area contributed by atoms with Gasteiger partial charge in [-0.15, -0.1) is 0 Å². The van der Waals surface area contributed by atoms with E-state index >= 15 is 0 Å². The van der Waals surface area contributed by atoms with E-state index in [1.54, 1.807) is 19.0 Å². The van der Waals surface area contributed by atoms with E-state index in [0.717, 1.165) is 35.8 Å². The Bertz CT molecular complexity index is 731. The van der Waals surface area contributed by atoms with Crippen LogP contribution in [-0.4, -0.2) is 29.8 Å². The van der Waals surface area contributed by atoms with Gasteiger partial charge in [0.1, 0.15) is 5.75 Å². The standard InChI is InChI=1S/C19H19N2O2.C5H5.Fe/c1-12(22)21-19(13-6-3-4-7-13)16-11-10-14-15(18(16)20-21)8-5-9-17(14)23-2;1-2-4-5-3-1;/h3-9,16,19H,10-11H2,1-2H3;1-5H;/q;;+2/t16-,19+;;/m0../s1. The maximum absolute atomic E-state index is 12.1. The molecule has 2 saturated carbocycles. The Hall–Kier alpha value is -1.32. The number of carbonyl (C=O) groups excluding carboxylic acids is 1. The molecule has 148 valence electrons. The van der Waals surface area contributed by atoms with Crippen LogP contribution in [0.3, 0.4) is 0 Å². The molecular weight excluding hydrogens is 404 g/mol. The first kappa shape index (κ1) is 22.4. The van der Waals surface area contributed by atoms with Crippen LogP contribution in [0.25, 0.3) is 0 Å². The predicted octanol–water partition coefficient (Wildman–Crippen LogP) is 3.62. The molecule has 5 rings (SSSR count). The zero-order chi connectivity index (χ0) is 19.5. The molecule has 0 spiro atoms. The Morgan fingerprint density at radius 3 is 2.31 bits per heavy atom. The Balaban J connectivity index is 0.000000352. The van der Waals surface area contributed by atoms with E-state index in [1.807, 2.05) is 57.1 Å². The van der Waals surface area contributed by atoms with Crippen LogP contribution in [0.15, 0.2) is 23.3 Å². The molecule has 1 aliphatic heterocycles. The number of rotatable bonds is 2. The minimum atomic E-state index is -0.0115. The fraction of sp³-hybridized carbons (Fsp3) is 0.250. The van der Waals surface area contributed by atoms with Crippen LogP contribution in [0, 0.1) is 69.6 Å². The van der Waals surface area contributed by atoms with Crippen LogP contribution >= 0.6 is 0 Å². The number of carbonyl (C=O) groups is 1. The zero-order valence-electron chi connectivity index (χ0n) is 16.6. The molecule has 5 heteroatoms. The molecule has 1 amide bonds. The minimum absolute atomic E-state index is 0. The van der Waals surface area contributed by atoms with E-state index < -0.39 is 0 Å². The average Bonchev–Trinajstić information content (AvgIpc) is 3.48. The largest absolute Gasteiger partial charge is 2.00 e. The van der Waals surface area contributed by atoms with Crippen molar-refractivity contribution >= 4 is 11.6 Å². The van der Waals surface area contributed by atoms with Gasteiger partial charge in [-0.3, -0.25) is 4.79 Å². The first-order chi connectivity index (χ1) is 13.7. The van der Waals surface area contributed by atoms with Gasteiger partial charge in [0.15, 0.2) is 0 Å². The summed E-state index contributed by atoms with van der Waals surface area (Å²) in [5.41, 5.74) is 3.35. The van der Waals surface area contributed by atoms with Crippen LogP contribution in [0.4, 0.5) is 0 Å². The number of ether oxygens (including phenoxy) is 1. The van der Waals surface area contributed by atoms with Crippen LogP contribution in [0.2, 0.25) is 0 Å². The quantitative estimate of drug-likeness (QED) is 0.676. The first-order valence-corrected chi connectivity index (χ1v) is 9.63. The minimum Gasteiger partial charge on any atom is -0.496 e. The van der Waals surface area contributed by atoms with E-state index in [9.17, 15) is 4.79 Å². The van der Waals surface area contributed by atoms with Gasteiger partial charge in [0.05, 0.1) is 18.9 Å². The fourth-order valence-electron chi connectivity index (χ4n) is 4.22. The first-order valence-electron chi connectivity index (χ1n) is 9.63. The Morgan fingerprint density at radius 2 is 1.72 bits per heavy atom. The average molecular weight is 428 g/mol. The van der Waals surface area contributed by atoms with Gasteiger partial charge in [0.25, 0.3) is 0 Å². The van der Waals surface area contributed by atoms with Crippen molar-refractivity contribution in [1.29, 1.82) is 0 Å². The summed E-state index contributed by atoms with van der Waals surface area (Å²) >= 11 is 0. The van der Waals surface area contributed by atoms with Crippen molar-refractivity contribution in [2.75, 3.05) is 7.11 Å². The van der Waals surface area contributed by atoms with Crippen molar-refractivity contribution in [3.63, 3.8) is 0 Å². The molecular formula is C24H24FeN2O2+2. The maximum Gasteiger partial charge on any atom is 2.00 e. The second-order valence-electron chi connectivity index (χ2n) is 7.11. The van der Waals surface area contributed by atoms with Gasteiger partial charge in [-0.05, 0) is 76.7 Å². The molecule has 1 heterocycles. The van der Waals surface area contributed by atoms with Gasteiger partial charge in [-0.25, -0.2) is 5.01 Å². The van der Waals surface area contributed by atoms with Crippen molar-refractivity contribution in [1.82, 2.24) is 5.01 Å². The topological polar surface area (TPSA) is 41.9 Å². The summed E-state index contributed by atoms with van der Waals surface area (Å²) in [4.78, 5) is 12.1. The van der Waals surface area contributed by atoms with Gasteiger partial charge in [-0.2, -0.15) is 5.10 Å². The monoisotopic (exact) mass is 428 g/mol. The third-order valence-corrected chi connectivity index (χ3v) is 5.45. The van der Waals surface area contributed by atoms with Gasteiger partial charge in [0, 0.05) is 29.9 Å². The smallest absolute Gasteiger partial charge is 0.496 e. The number of nitrogens with zero attached hydrogens (tertiary/aromatic N) is 2. The second kappa shape index (κ2) is 10.1. The van der Waals surface area contributed by atoms with E-state index in [4.69, 9.17) is 9.84 Å². The Kier molecular flexibility index (Phi) is 7.81. The van der Waals surface area contributed by atoms with Crippen LogP contribution in [0.5, 0.6) is 5.75 Å². The number of hydrogen-bond acceptors (Lipinski definition) is 3. The van der Waals surface area contributed by atoms with Gasteiger partial charge < -0.3 is 4.74 Å². The number of methoxy groups -OCH3 is 1. The Labute approximate surface area is 185 Å². The summed E-state index contributed by atoms with van der Waals surface area (Å²) in [7, 11) is 1.70. The summed E-state index contributed by atoms with van der Waals surface area (Å²) < 4.78 is 5.50. The van der Waals surface area contributed by atoms with Gasteiger partial charge >= 0.3 is 17.1 Å². The molecule has 2 atom stereocenters. The maximum atomic E-state index is 12.1. The van der Waals surface area contributed by atoms with E-state index in [-0.39, 0.29) is 34.9 Å². The number of hydrogen-bond donors (Lipinski definition) is 0. The molecule has 4 nitrogen and oxygen atoms in total. The molecule has 3 aliphatic carbocycles. The van der Waals surface area contributed by atoms with Crippen molar-refractivity contribution in [3.8, 4) is 5.75 Å². The third-order valence-electron chi connectivity index (χ3n) is 5.45. The summed E-state index contributed by atoms with van der Waals surface area (Å²) in [6, 6.07) is 6.09. The molecule has 1 aromatic carbocycles. The van der Waals surface area contributed by atoms with Crippen molar-refractivity contribution in [2.45, 2.75) is 25.8 Å². The SMILES string of the molecule is COc1cccc2c1CC[C@H]1C2=NN(C(C)=O)[C@@H]1[C]1[CH][CH][CH][CH]1.[CH]1[CH][CH][CH][CH]1.[Fe+2]. The zero-order valence-corrected chi connectivity index (χ0v) is 17.7. The van der Waals surface area contributed by atoms with Crippen LogP contribution in [0.1, 0.15) is 24.5 Å². The molecule has 4 aliphatic rings. The summed E-state index contributed by atoms with van der Waals surface area (Å²) in [6.07, 6.45) is 20.1. The third kappa shape index (κ3) is 4.56. The summed E-state index contributed by atoms with van der Waals surface area (Å²) in [6.45, 7) is 1.59. The second-order valence-corrected chi connectivity index (χ2v) is 7.11. The molecule has 10 radical (unpaired) electrons. The van der Waals surface area contributed by atoms with E-state index in [0.29, 0.717) is 0 Å². The molecule has 2 fully saturated rings. The summed E-state index contributed by atoms with van der Waals surface area (Å²) in [5, 5.41) is 6.37. The predicted molar refractivity (Wildman–Crippen MR) is 110 cm³/mol. The number of amides is 1. The molecule has 0 N–H and O–H groups in total.